The van der Waals surface area contributed by atoms with E-state index >= 15 is 0 Å². The van der Waals surface area contributed by atoms with Crippen LogP contribution in [0.1, 0.15) is 63.8 Å². The first kappa shape index (κ1) is 25.1. The highest BCUT2D eigenvalue weighted by atomic mass is 16.5. The van der Waals surface area contributed by atoms with Gasteiger partial charge in [0.1, 0.15) is 0 Å². The minimum absolute atomic E-state index is 0.0358. The Morgan fingerprint density at radius 3 is 1.38 bits per heavy atom. The van der Waals surface area contributed by atoms with Gasteiger partial charge in [-0.05, 0) is 60.4 Å². The average Bonchev–Trinajstić information content (AvgIpc) is 2.79. The van der Waals surface area contributed by atoms with Crippen LogP contribution < -0.4 is 20.9 Å². The summed E-state index contributed by atoms with van der Waals surface area (Å²) in [6, 6.07) is 15.7. The first-order valence-electron chi connectivity index (χ1n) is 11.6. The molecule has 0 fully saturated rings. The number of rotatable bonds is 8. The molecule has 0 aliphatic carbocycles. The summed E-state index contributed by atoms with van der Waals surface area (Å²) < 4.78 is 11.2. The quantitative estimate of drug-likeness (QED) is 0.251. The Kier molecular flexibility index (Phi) is 6.92. The van der Waals surface area contributed by atoms with Gasteiger partial charge in [0.2, 0.25) is 0 Å². The lowest BCUT2D eigenvalue weighted by Gasteiger charge is -2.31. The van der Waals surface area contributed by atoms with Crippen LogP contribution in [0.15, 0.2) is 48.5 Å². The summed E-state index contributed by atoms with van der Waals surface area (Å²) >= 11 is 0. The molecule has 0 amide bonds. The SMILES string of the molecule is CCOc1cc(C(C)(C)c2cccc(C(C)(C)c3cc(N)c(O)c(OCC)c3)c2)cc(N)c1O. The fraction of sp³-hybridized carbons (Fsp3) is 0.357. The molecule has 0 saturated carbocycles. The summed E-state index contributed by atoms with van der Waals surface area (Å²) in [7, 11) is 0. The van der Waals surface area contributed by atoms with E-state index in [0.717, 1.165) is 22.3 Å². The Balaban J connectivity index is 2.08. The second-order valence-electron chi connectivity index (χ2n) is 9.52. The molecule has 0 aliphatic rings. The first-order valence-corrected chi connectivity index (χ1v) is 11.6. The van der Waals surface area contributed by atoms with E-state index in [-0.39, 0.29) is 22.9 Å². The summed E-state index contributed by atoms with van der Waals surface area (Å²) in [5.74, 6) is 0.688. The lowest BCUT2D eigenvalue weighted by atomic mass is 9.73. The van der Waals surface area contributed by atoms with Crippen molar-refractivity contribution in [2.75, 3.05) is 24.7 Å². The molecule has 0 atom stereocenters. The Hall–Kier alpha value is -3.54. The van der Waals surface area contributed by atoms with Gasteiger partial charge in [-0.25, -0.2) is 0 Å². The van der Waals surface area contributed by atoms with Crippen LogP contribution in [0.3, 0.4) is 0 Å². The van der Waals surface area contributed by atoms with E-state index in [2.05, 4.69) is 45.9 Å². The van der Waals surface area contributed by atoms with Gasteiger partial charge in [0.25, 0.3) is 0 Å². The van der Waals surface area contributed by atoms with E-state index in [4.69, 9.17) is 20.9 Å². The van der Waals surface area contributed by atoms with Gasteiger partial charge in [-0.2, -0.15) is 0 Å². The number of hydrogen-bond acceptors (Lipinski definition) is 6. The number of nitrogens with two attached hydrogens (primary N) is 2. The van der Waals surface area contributed by atoms with Gasteiger partial charge in [0.05, 0.1) is 24.6 Å². The molecule has 34 heavy (non-hydrogen) atoms. The molecule has 0 saturated heterocycles. The molecule has 6 N–H and O–H groups in total. The zero-order valence-corrected chi connectivity index (χ0v) is 20.9. The van der Waals surface area contributed by atoms with Crippen LogP contribution in [-0.4, -0.2) is 23.4 Å². The summed E-state index contributed by atoms with van der Waals surface area (Å²) in [4.78, 5) is 0. The molecule has 0 aromatic heterocycles. The zero-order valence-electron chi connectivity index (χ0n) is 20.9. The molecule has 3 aromatic carbocycles. The number of phenolic OH excluding ortho intramolecular Hbond substituents is 2. The molecule has 0 unspecified atom stereocenters. The summed E-state index contributed by atoms with van der Waals surface area (Å²) in [5.41, 5.74) is 16.0. The van der Waals surface area contributed by atoms with Gasteiger partial charge in [-0.1, -0.05) is 52.0 Å². The maximum atomic E-state index is 10.3. The second kappa shape index (κ2) is 9.37. The number of hydrogen-bond donors (Lipinski definition) is 4. The van der Waals surface area contributed by atoms with Crippen molar-refractivity contribution >= 4 is 11.4 Å². The number of phenols is 2. The standard InChI is InChI=1S/C28H36N2O4/c1-7-33-23-15-19(13-21(29)25(23)31)27(3,4)17-10-9-11-18(12-17)28(5,6)20-14-22(30)26(32)24(16-20)34-8-2/h9-16,31-32H,7-8,29-30H2,1-6H3. The molecular weight excluding hydrogens is 428 g/mol. The Morgan fingerprint density at radius 1 is 0.647 bits per heavy atom. The molecule has 6 nitrogen and oxygen atoms in total. The fourth-order valence-corrected chi connectivity index (χ4v) is 4.14. The van der Waals surface area contributed by atoms with E-state index in [1.165, 1.54) is 0 Å². The van der Waals surface area contributed by atoms with Crippen molar-refractivity contribution < 1.29 is 19.7 Å². The monoisotopic (exact) mass is 464 g/mol. The highest BCUT2D eigenvalue weighted by Crippen LogP contribution is 2.43. The van der Waals surface area contributed by atoms with Crippen LogP contribution in [0.4, 0.5) is 11.4 Å². The Morgan fingerprint density at radius 2 is 1.03 bits per heavy atom. The lowest BCUT2D eigenvalue weighted by Crippen LogP contribution is -2.23. The maximum absolute atomic E-state index is 10.3. The lowest BCUT2D eigenvalue weighted by molar-refractivity contribution is 0.318. The summed E-state index contributed by atoms with van der Waals surface area (Å²) in [6.45, 7) is 13.1. The third kappa shape index (κ3) is 4.58. The molecule has 3 rings (SSSR count). The fourth-order valence-electron chi connectivity index (χ4n) is 4.14. The smallest absolute Gasteiger partial charge is 0.181 e. The minimum Gasteiger partial charge on any atom is -0.503 e. The third-order valence-corrected chi connectivity index (χ3v) is 6.56. The molecule has 0 spiro atoms. The topological polar surface area (TPSA) is 111 Å². The van der Waals surface area contributed by atoms with Crippen LogP contribution in [0, 0.1) is 0 Å². The van der Waals surface area contributed by atoms with Crippen molar-refractivity contribution in [3.05, 3.63) is 70.8 Å². The van der Waals surface area contributed by atoms with Crippen molar-refractivity contribution in [1.29, 1.82) is 0 Å². The molecular formula is C28H36N2O4. The first-order chi connectivity index (χ1) is 15.9. The van der Waals surface area contributed by atoms with Gasteiger partial charge in [0, 0.05) is 10.8 Å². The number of nitrogen functional groups attached to an aromatic ring is 2. The van der Waals surface area contributed by atoms with Crippen LogP contribution in [0.5, 0.6) is 23.0 Å². The molecule has 0 aliphatic heterocycles. The predicted molar refractivity (Wildman–Crippen MR) is 138 cm³/mol. The van der Waals surface area contributed by atoms with Crippen LogP contribution in [0.2, 0.25) is 0 Å². The largest absolute Gasteiger partial charge is 0.503 e. The van der Waals surface area contributed by atoms with Gasteiger partial charge in [0.15, 0.2) is 23.0 Å². The molecule has 3 aromatic rings. The molecule has 6 heteroatoms. The second-order valence-corrected chi connectivity index (χ2v) is 9.52. The van der Waals surface area contributed by atoms with Crippen molar-refractivity contribution in [2.45, 2.75) is 52.4 Å². The van der Waals surface area contributed by atoms with Crippen LogP contribution in [-0.2, 0) is 10.8 Å². The third-order valence-electron chi connectivity index (χ3n) is 6.56. The Labute approximate surface area is 202 Å². The molecule has 0 heterocycles. The summed E-state index contributed by atoms with van der Waals surface area (Å²) in [6.07, 6.45) is 0. The van der Waals surface area contributed by atoms with Crippen molar-refractivity contribution in [2.24, 2.45) is 0 Å². The molecule has 0 bridgehead atoms. The van der Waals surface area contributed by atoms with Crippen molar-refractivity contribution in [3.8, 4) is 23.0 Å². The van der Waals surface area contributed by atoms with Crippen LogP contribution in [0.25, 0.3) is 0 Å². The minimum atomic E-state index is -0.412. The number of ether oxygens (including phenoxy) is 2. The highest BCUT2D eigenvalue weighted by Gasteiger charge is 2.30. The van der Waals surface area contributed by atoms with E-state index < -0.39 is 10.8 Å². The van der Waals surface area contributed by atoms with Gasteiger partial charge >= 0.3 is 0 Å². The van der Waals surface area contributed by atoms with Gasteiger partial charge < -0.3 is 31.2 Å². The molecule has 0 radical (unpaired) electrons. The van der Waals surface area contributed by atoms with Gasteiger partial charge in [-0.3, -0.25) is 0 Å². The van der Waals surface area contributed by atoms with Crippen molar-refractivity contribution in [1.82, 2.24) is 0 Å². The number of benzene rings is 3. The van der Waals surface area contributed by atoms with E-state index in [9.17, 15) is 10.2 Å². The maximum Gasteiger partial charge on any atom is 0.181 e. The van der Waals surface area contributed by atoms with E-state index in [1.807, 2.05) is 32.0 Å². The highest BCUT2D eigenvalue weighted by molar-refractivity contribution is 5.64. The zero-order chi connectivity index (χ0) is 25.3. The predicted octanol–water partition coefficient (Wildman–Crippen LogP) is 5.71. The van der Waals surface area contributed by atoms with Crippen LogP contribution >= 0.6 is 0 Å². The summed E-state index contributed by atoms with van der Waals surface area (Å²) in [5, 5.41) is 20.6. The van der Waals surface area contributed by atoms with Crippen molar-refractivity contribution in [3.63, 3.8) is 0 Å². The number of anilines is 2. The normalized spacial score (nSPS) is 11.9. The Bertz CT molecular complexity index is 1100. The molecule has 182 valence electrons. The average molecular weight is 465 g/mol. The van der Waals surface area contributed by atoms with E-state index in [1.54, 1.807) is 12.1 Å². The number of aromatic hydroxyl groups is 2. The van der Waals surface area contributed by atoms with E-state index in [0.29, 0.717) is 24.7 Å². The van der Waals surface area contributed by atoms with Gasteiger partial charge in [-0.15, -0.1) is 0 Å².